The van der Waals surface area contributed by atoms with Gasteiger partial charge in [-0.15, -0.1) is 0 Å². The zero-order valence-corrected chi connectivity index (χ0v) is 11.6. The van der Waals surface area contributed by atoms with E-state index in [1.54, 1.807) is 48.5 Å². The summed E-state index contributed by atoms with van der Waals surface area (Å²) < 4.78 is 10.5. The lowest BCUT2D eigenvalue weighted by atomic mass is 10.1. The molecule has 3 rings (SSSR count). The first kappa shape index (κ1) is 13.7. The summed E-state index contributed by atoms with van der Waals surface area (Å²) in [6.45, 7) is 0.193. The number of hydrogen-bond donors (Lipinski definition) is 1. The van der Waals surface area contributed by atoms with Gasteiger partial charge in [0.25, 0.3) is 5.91 Å². The molecule has 2 aromatic rings. The average molecular weight is 292 g/mol. The highest BCUT2D eigenvalue weighted by atomic mass is 16.7. The molecule has 1 aliphatic heterocycles. The van der Waals surface area contributed by atoms with Crippen molar-refractivity contribution in [2.75, 3.05) is 6.79 Å². The topological polar surface area (TPSA) is 71.3 Å². The van der Waals surface area contributed by atoms with Gasteiger partial charge in [-0.25, -0.2) is 0 Å². The van der Waals surface area contributed by atoms with Crippen LogP contribution in [0.3, 0.4) is 0 Å². The van der Waals surface area contributed by atoms with Crippen LogP contribution in [0.15, 0.2) is 54.2 Å². The van der Waals surface area contributed by atoms with Crippen LogP contribution in [-0.4, -0.2) is 12.7 Å². The van der Waals surface area contributed by atoms with Crippen LogP contribution < -0.4 is 14.8 Å². The van der Waals surface area contributed by atoms with E-state index in [9.17, 15) is 10.1 Å². The van der Waals surface area contributed by atoms with Crippen LogP contribution in [-0.2, 0) is 0 Å². The van der Waals surface area contributed by atoms with E-state index in [-0.39, 0.29) is 18.4 Å². The first-order valence-electron chi connectivity index (χ1n) is 6.64. The molecule has 1 N–H and O–H groups in total. The van der Waals surface area contributed by atoms with Gasteiger partial charge in [0.15, 0.2) is 11.5 Å². The Labute approximate surface area is 127 Å². The van der Waals surface area contributed by atoms with Crippen molar-refractivity contribution in [3.8, 4) is 17.6 Å². The fourth-order valence-electron chi connectivity index (χ4n) is 2.05. The summed E-state index contributed by atoms with van der Waals surface area (Å²) in [5.41, 5.74) is 1.40. The summed E-state index contributed by atoms with van der Waals surface area (Å²) in [6.07, 6.45) is 1.59. The van der Waals surface area contributed by atoms with Crippen LogP contribution in [0.1, 0.15) is 15.9 Å². The minimum Gasteiger partial charge on any atom is -0.454 e. The standard InChI is InChI=1S/C17H12N2O3/c18-10-14(19-17(20)13-4-2-1-3-5-13)8-12-6-7-15-16(9-12)22-11-21-15/h1-9H,11H2,(H,19,20)/b14-8+. The lowest BCUT2D eigenvalue weighted by molar-refractivity contribution is 0.0968. The largest absolute Gasteiger partial charge is 0.454 e. The van der Waals surface area contributed by atoms with Crippen LogP contribution in [0.4, 0.5) is 0 Å². The number of allylic oxidation sites excluding steroid dienone is 1. The number of ether oxygens (including phenoxy) is 2. The number of nitriles is 1. The molecule has 0 spiro atoms. The summed E-state index contributed by atoms with van der Waals surface area (Å²) >= 11 is 0. The number of fused-ring (bicyclic) bond motifs is 1. The molecular formula is C17H12N2O3. The van der Waals surface area contributed by atoms with Crippen LogP contribution in [0, 0.1) is 11.3 Å². The van der Waals surface area contributed by atoms with Crippen molar-refractivity contribution in [1.82, 2.24) is 5.32 Å². The van der Waals surface area contributed by atoms with Crippen LogP contribution in [0.2, 0.25) is 0 Å². The summed E-state index contributed by atoms with van der Waals surface area (Å²) in [7, 11) is 0. The zero-order chi connectivity index (χ0) is 15.4. The van der Waals surface area contributed by atoms with E-state index in [2.05, 4.69) is 5.32 Å². The van der Waals surface area contributed by atoms with Crippen molar-refractivity contribution >= 4 is 12.0 Å². The molecule has 0 saturated heterocycles. The minimum absolute atomic E-state index is 0.160. The highest BCUT2D eigenvalue weighted by Crippen LogP contribution is 2.32. The molecule has 108 valence electrons. The van der Waals surface area contributed by atoms with E-state index in [0.29, 0.717) is 17.1 Å². The van der Waals surface area contributed by atoms with E-state index in [0.717, 1.165) is 5.56 Å². The number of nitrogens with zero attached hydrogens (tertiary/aromatic N) is 1. The Kier molecular flexibility index (Phi) is 3.75. The van der Waals surface area contributed by atoms with Gasteiger partial charge in [-0.1, -0.05) is 24.3 Å². The maximum Gasteiger partial charge on any atom is 0.256 e. The highest BCUT2D eigenvalue weighted by Gasteiger charge is 2.13. The Morgan fingerprint density at radius 3 is 2.68 bits per heavy atom. The molecule has 1 heterocycles. The Bertz CT molecular complexity index is 776. The summed E-state index contributed by atoms with van der Waals surface area (Å²) in [5, 5.41) is 11.8. The number of carbonyl (C=O) groups excluding carboxylic acids is 1. The molecule has 0 aliphatic carbocycles. The minimum atomic E-state index is -0.325. The molecule has 1 aliphatic rings. The van der Waals surface area contributed by atoms with Gasteiger partial charge in [-0.2, -0.15) is 5.26 Å². The molecule has 0 fully saturated rings. The first-order chi connectivity index (χ1) is 10.8. The number of rotatable bonds is 3. The summed E-state index contributed by atoms with van der Waals surface area (Å²) in [4.78, 5) is 12.0. The van der Waals surface area contributed by atoms with Crippen molar-refractivity contribution in [2.24, 2.45) is 0 Å². The predicted molar refractivity (Wildman–Crippen MR) is 80.1 cm³/mol. The fraction of sp³-hybridized carbons (Fsp3) is 0.0588. The average Bonchev–Trinajstić information content (AvgIpc) is 3.02. The van der Waals surface area contributed by atoms with Crippen molar-refractivity contribution < 1.29 is 14.3 Å². The second kappa shape index (κ2) is 6.02. The Hall–Kier alpha value is -3.26. The number of carbonyl (C=O) groups is 1. The number of benzene rings is 2. The van der Waals surface area contributed by atoms with Crippen molar-refractivity contribution in [2.45, 2.75) is 0 Å². The summed E-state index contributed by atoms with van der Waals surface area (Å²) in [6, 6.07) is 16.0. The molecule has 2 aromatic carbocycles. The number of hydrogen-bond acceptors (Lipinski definition) is 4. The van der Waals surface area contributed by atoms with E-state index in [4.69, 9.17) is 9.47 Å². The van der Waals surface area contributed by atoms with E-state index in [1.807, 2.05) is 12.1 Å². The van der Waals surface area contributed by atoms with E-state index >= 15 is 0 Å². The lowest BCUT2D eigenvalue weighted by Gasteiger charge is -2.04. The zero-order valence-electron chi connectivity index (χ0n) is 11.6. The molecule has 0 bridgehead atoms. The van der Waals surface area contributed by atoms with E-state index < -0.39 is 0 Å². The smallest absolute Gasteiger partial charge is 0.256 e. The highest BCUT2D eigenvalue weighted by molar-refractivity contribution is 5.96. The van der Waals surface area contributed by atoms with Gasteiger partial charge in [-0.05, 0) is 35.9 Å². The molecule has 0 saturated carbocycles. The Balaban J connectivity index is 1.79. The molecule has 1 amide bonds. The molecule has 0 unspecified atom stereocenters. The molecule has 5 heteroatoms. The maximum absolute atomic E-state index is 12.0. The second-order valence-electron chi connectivity index (χ2n) is 4.60. The van der Waals surface area contributed by atoms with Crippen LogP contribution in [0.5, 0.6) is 11.5 Å². The molecule has 0 aromatic heterocycles. The van der Waals surface area contributed by atoms with Gasteiger partial charge in [0.1, 0.15) is 11.8 Å². The summed E-state index contributed by atoms with van der Waals surface area (Å²) in [5.74, 6) is 0.971. The van der Waals surface area contributed by atoms with Crippen molar-refractivity contribution in [3.05, 3.63) is 65.4 Å². The van der Waals surface area contributed by atoms with Gasteiger partial charge < -0.3 is 14.8 Å². The van der Waals surface area contributed by atoms with Crippen LogP contribution >= 0.6 is 0 Å². The SMILES string of the molecule is N#C/C(=C\c1ccc2c(c1)OCO2)NC(=O)c1ccccc1. The number of amides is 1. The Morgan fingerprint density at radius 1 is 1.14 bits per heavy atom. The molecule has 5 nitrogen and oxygen atoms in total. The van der Waals surface area contributed by atoms with Gasteiger partial charge in [0.05, 0.1) is 0 Å². The van der Waals surface area contributed by atoms with Crippen molar-refractivity contribution in [1.29, 1.82) is 5.26 Å². The number of nitrogens with one attached hydrogen (secondary N) is 1. The third-order valence-electron chi connectivity index (χ3n) is 3.11. The predicted octanol–water partition coefficient (Wildman–Crippen LogP) is 2.71. The van der Waals surface area contributed by atoms with Gasteiger partial charge in [0, 0.05) is 5.56 Å². The van der Waals surface area contributed by atoms with Gasteiger partial charge in [0.2, 0.25) is 6.79 Å². The lowest BCUT2D eigenvalue weighted by Crippen LogP contribution is -2.21. The van der Waals surface area contributed by atoms with Gasteiger partial charge >= 0.3 is 0 Å². The Morgan fingerprint density at radius 2 is 1.91 bits per heavy atom. The maximum atomic E-state index is 12.0. The monoisotopic (exact) mass is 292 g/mol. The van der Waals surface area contributed by atoms with E-state index in [1.165, 1.54) is 0 Å². The molecular weight excluding hydrogens is 280 g/mol. The van der Waals surface area contributed by atoms with Crippen LogP contribution in [0.25, 0.3) is 6.08 Å². The molecule has 0 radical (unpaired) electrons. The molecule has 22 heavy (non-hydrogen) atoms. The third kappa shape index (κ3) is 2.91. The van der Waals surface area contributed by atoms with Gasteiger partial charge in [-0.3, -0.25) is 4.79 Å². The fourth-order valence-corrected chi connectivity index (χ4v) is 2.05. The van der Waals surface area contributed by atoms with Crippen molar-refractivity contribution in [3.63, 3.8) is 0 Å². The second-order valence-corrected chi connectivity index (χ2v) is 4.60. The first-order valence-corrected chi connectivity index (χ1v) is 6.64. The third-order valence-corrected chi connectivity index (χ3v) is 3.11. The molecule has 0 atom stereocenters. The quantitative estimate of drug-likeness (QED) is 0.883. The normalized spacial score (nSPS) is 12.6.